The number of nitrogens with zero attached hydrogens (tertiary/aromatic N) is 2. The molecule has 0 atom stereocenters. The van der Waals surface area contributed by atoms with E-state index in [4.69, 9.17) is 15.5 Å². The second-order valence-corrected chi connectivity index (χ2v) is 1.72. The van der Waals surface area contributed by atoms with Crippen molar-refractivity contribution in [3.05, 3.63) is 0 Å². The molecule has 56 valence electrons. The van der Waals surface area contributed by atoms with E-state index < -0.39 is 6.09 Å². The second-order valence-electron chi connectivity index (χ2n) is 1.72. The van der Waals surface area contributed by atoms with Crippen LogP contribution >= 0.6 is 0 Å². The van der Waals surface area contributed by atoms with E-state index in [1.807, 2.05) is 0 Å². The number of carboxylic acid groups (broad SMARTS) is 1. The largest absolute Gasteiger partial charge is 0.465 e. The van der Waals surface area contributed by atoms with Crippen LogP contribution in [0.15, 0.2) is 0 Å². The van der Waals surface area contributed by atoms with Crippen LogP contribution in [0.4, 0.5) is 4.79 Å². The number of hydrogen-bond donors (Lipinski definition) is 2. The van der Waals surface area contributed by atoms with Gasteiger partial charge in [0.15, 0.2) is 0 Å². The summed E-state index contributed by atoms with van der Waals surface area (Å²) in [6.45, 7) is 1.46. The van der Waals surface area contributed by atoms with Crippen LogP contribution < -0.4 is 0 Å². The van der Waals surface area contributed by atoms with Crippen LogP contribution in [0, 0.1) is 11.5 Å². The lowest BCUT2D eigenvalue weighted by molar-refractivity contribution is 0.118. The summed E-state index contributed by atoms with van der Waals surface area (Å²) in [4.78, 5) is 11.3. The van der Waals surface area contributed by atoms with Gasteiger partial charge in [0.1, 0.15) is 0 Å². The van der Waals surface area contributed by atoms with Crippen LogP contribution in [0.3, 0.4) is 0 Å². The maximum atomic E-state index is 9.91. The van der Waals surface area contributed by atoms with E-state index >= 15 is 0 Å². The Morgan fingerprint density at radius 1 is 1.60 bits per heavy atom. The van der Waals surface area contributed by atoms with Crippen molar-refractivity contribution in [1.29, 1.82) is 5.26 Å². The first kappa shape index (κ1) is 8.56. The van der Waals surface area contributed by atoms with Gasteiger partial charge < -0.3 is 15.1 Å². The highest BCUT2D eigenvalue weighted by Gasteiger charge is 2.17. The van der Waals surface area contributed by atoms with Crippen LogP contribution in [-0.2, 0) is 0 Å². The van der Waals surface area contributed by atoms with Gasteiger partial charge >= 0.3 is 6.09 Å². The van der Waals surface area contributed by atoms with Crippen LogP contribution in [-0.4, -0.2) is 34.3 Å². The monoisotopic (exact) mass is 144 g/mol. The van der Waals surface area contributed by atoms with Gasteiger partial charge in [0.2, 0.25) is 0 Å². The van der Waals surface area contributed by atoms with Crippen molar-refractivity contribution in [3.63, 3.8) is 0 Å². The molecule has 0 aliphatic carbocycles. The summed E-state index contributed by atoms with van der Waals surface area (Å²) in [5, 5.41) is 21.9. The zero-order valence-corrected chi connectivity index (χ0v) is 5.32. The first-order valence-corrected chi connectivity index (χ1v) is 2.73. The number of aliphatic hydroxyl groups excluding tert-OH is 1. The van der Waals surface area contributed by atoms with E-state index in [-0.39, 0.29) is 0 Å². The molecule has 0 radical (unpaired) electrons. The van der Waals surface area contributed by atoms with E-state index in [1.54, 1.807) is 0 Å². The molecule has 1 heterocycles. The van der Waals surface area contributed by atoms with Crippen LogP contribution in [0.25, 0.3) is 0 Å². The molecule has 0 bridgehead atoms. The number of likely N-dealkylation sites (tertiary alicyclic amines) is 1. The van der Waals surface area contributed by atoms with E-state index in [1.165, 1.54) is 4.90 Å². The van der Waals surface area contributed by atoms with Crippen LogP contribution in [0.1, 0.15) is 6.42 Å². The van der Waals surface area contributed by atoms with Crippen LogP contribution in [0.2, 0.25) is 0 Å². The minimum atomic E-state index is -0.786. The summed E-state index contributed by atoms with van der Waals surface area (Å²) in [5.74, 6) is 0. The summed E-state index contributed by atoms with van der Waals surface area (Å²) >= 11 is 0. The summed E-state index contributed by atoms with van der Waals surface area (Å²) in [5.41, 5.74) is 0. The number of amides is 1. The molecule has 2 N–H and O–H groups in total. The standard InChI is InChI=1S/C4H7NO2.CHNO/c6-4(7)5-2-1-3-5;2-1-3/h1-3H2,(H,6,7);3H. The number of rotatable bonds is 0. The Bertz CT molecular complexity index is 147. The van der Waals surface area contributed by atoms with Gasteiger partial charge in [-0.1, -0.05) is 0 Å². The molecular formula is C5H8N2O3. The third kappa shape index (κ3) is 2.77. The maximum absolute atomic E-state index is 9.91. The lowest BCUT2D eigenvalue weighted by atomic mass is 10.2. The van der Waals surface area contributed by atoms with Crippen molar-refractivity contribution < 1.29 is 15.0 Å². The quantitative estimate of drug-likeness (QED) is 0.476. The molecule has 0 aromatic carbocycles. The molecule has 0 unspecified atom stereocenters. The zero-order valence-electron chi connectivity index (χ0n) is 5.32. The molecule has 5 nitrogen and oxygen atoms in total. The number of aliphatic hydroxyl groups is 1. The highest BCUT2D eigenvalue weighted by molar-refractivity contribution is 5.65. The SMILES string of the molecule is N#CO.O=C(O)N1CCC1. The molecule has 5 heteroatoms. The van der Waals surface area contributed by atoms with E-state index in [9.17, 15) is 4.79 Å². The van der Waals surface area contributed by atoms with Gasteiger partial charge in [0.25, 0.3) is 6.26 Å². The molecule has 1 saturated heterocycles. The first-order valence-electron chi connectivity index (χ1n) is 2.73. The Hall–Kier alpha value is -1.44. The maximum Gasteiger partial charge on any atom is 0.407 e. The molecule has 1 aliphatic rings. The third-order valence-electron chi connectivity index (χ3n) is 1.13. The fraction of sp³-hybridized carbons (Fsp3) is 0.600. The number of hydrogen-bond acceptors (Lipinski definition) is 3. The summed E-state index contributed by atoms with van der Waals surface area (Å²) in [6.07, 6.45) is 0.998. The van der Waals surface area contributed by atoms with Gasteiger partial charge in [0, 0.05) is 13.1 Å². The Morgan fingerprint density at radius 2 is 2.00 bits per heavy atom. The van der Waals surface area contributed by atoms with Gasteiger partial charge in [-0.3, -0.25) is 0 Å². The summed E-state index contributed by atoms with van der Waals surface area (Å²) in [6, 6.07) is 0. The highest BCUT2D eigenvalue weighted by atomic mass is 16.4. The molecule has 1 rings (SSSR count). The summed E-state index contributed by atoms with van der Waals surface area (Å²) in [7, 11) is 0. The van der Waals surface area contributed by atoms with Gasteiger partial charge in [-0.25, -0.2) is 4.79 Å². The molecule has 0 saturated carbocycles. The van der Waals surface area contributed by atoms with Gasteiger partial charge in [-0.2, -0.15) is 5.26 Å². The van der Waals surface area contributed by atoms with Crippen molar-refractivity contribution in [3.8, 4) is 6.26 Å². The van der Waals surface area contributed by atoms with Crippen molar-refractivity contribution in [2.24, 2.45) is 0 Å². The second kappa shape index (κ2) is 4.44. The van der Waals surface area contributed by atoms with Crippen molar-refractivity contribution in [2.45, 2.75) is 6.42 Å². The van der Waals surface area contributed by atoms with Crippen molar-refractivity contribution >= 4 is 6.09 Å². The average molecular weight is 144 g/mol. The number of nitriles is 1. The smallest absolute Gasteiger partial charge is 0.407 e. The lowest BCUT2D eigenvalue weighted by Crippen LogP contribution is -2.40. The molecular weight excluding hydrogens is 136 g/mol. The van der Waals surface area contributed by atoms with E-state index in [0.29, 0.717) is 0 Å². The van der Waals surface area contributed by atoms with Gasteiger partial charge in [-0.05, 0) is 6.42 Å². The normalized spacial score (nSPS) is 13.7. The molecule has 1 aliphatic heterocycles. The van der Waals surface area contributed by atoms with Crippen LogP contribution in [0.5, 0.6) is 0 Å². The van der Waals surface area contributed by atoms with Crippen molar-refractivity contribution in [2.75, 3.05) is 13.1 Å². The van der Waals surface area contributed by atoms with E-state index in [0.717, 1.165) is 25.8 Å². The van der Waals surface area contributed by atoms with Crippen molar-refractivity contribution in [1.82, 2.24) is 4.90 Å². The predicted molar refractivity (Wildman–Crippen MR) is 31.8 cm³/mol. The predicted octanol–water partition coefficient (Wildman–Crippen LogP) is 0.210. The Morgan fingerprint density at radius 3 is 2.00 bits per heavy atom. The van der Waals surface area contributed by atoms with Gasteiger partial charge in [-0.15, -0.1) is 0 Å². The average Bonchev–Trinajstić information content (AvgIpc) is 1.59. The molecule has 1 amide bonds. The molecule has 0 aromatic heterocycles. The Balaban J connectivity index is 0.000000236. The molecule has 0 spiro atoms. The zero-order chi connectivity index (χ0) is 7.98. The highest BCUT2D eigenvalue weighted by Crippen LogP contribution is 2.03. The molecule has 10 heavy (non-hydrogen) atoms. The fourth-order valence-electron chi connectivity index (χ4n) is 0.508. The minimum Gasteiger partial charge on any atom is -0.465 e. The lowest BCUT2D eigenvalue weighted by Gasteiger charge is -2.27. The first-order chi connectivity index (χ1) is 4.72. The topological polar surface area (TPSA) is 84.6 Å². The van der Waals surface area contributed by atoms with Gasteiger partial charge in [0.05, 0.1) is 0 Å². The Labute approximate surface area is 58.1 Å². The third-order valence-corrected chi connectivity index (χ3v) is 1.13. The summed E-state index contributed by atoms with van der Waals surface area (Å²) < 4.78 is 0. The Kier molecular flexibility index (Phi) is 3.80. The molecule has 0 aromatic rings. The van der Waals surface area contributed by atoms with E-state index in [2.05, 4.69) is 0 Å². The molecule has 1 fully saturated rings. The fourth-order valence-corrected chi connectivity index (χ4v) is 0.508. The minimum absolute atomic E-state index is 0.731. The number of carbonyl (C=O) groups is 1.